The highest BCUT2D eigenvalue weighted by atomic mass is 35.5. The van der Waals surface area contributed by atoms with Crippen molar-refractivity contribution in [3.63, 3.8) is 0 Å². The van der Waals surface area contributed by atoms with Crippen LogP contribution in [0.1, 0.15) is 64.7 Å². The molecular weight excluding hydrogens is 284 g/mol. The van der Waals surface area contributed by atoms with Crippen molar-refractivity contribution < 1.29 is 4.79 Å². The minimum atomic E-state index is 0. The Balaban J connectivity index is 0.00000161. The fourth-order valence-electron chi connectivity index (χ4n) is 4.68. The summed E-state index contributed by atoms with van der Waals surface area (Å²) in [5.41, 5.74) is 0. The molecule has 1 aliphatic carbocycles. The van der Waals surface area contributed by atoms with Crippen LogP contribution in [0.15, 0.2) is 0 Å². The van der Waals surface area contributed by atoms with Gasteiger partial charge in [-0.15, -0.1) is 12.4 Å². The van der Waals surface area contributed by atoms with Crippen LogP contribution in [-0.4, -0.2) is 24.5 Å². The van der Waals surface area contributed by atoms with Crippen molar-refractivity contribution in [1.29, 1.82) is 0 Å². The second kappa shape index (κ2) is 7.82. The Morgan fingerprint density at radius 1 is 1.05 bits per heavy atom. The summed E-state index contributed by atoms with van der Waals surface area (Å²) in [7, 11) is 0. The quantitative estimate of drug-likeness (QED) is 0.836. The van der Waals surface area contributed by atoms with E-state index >= 15 is 0 Å². The number of piperidine rings is 1. The van der Waals surface area contributed by atoms with Crippen LogP contribution in [0.2, 0.25) is 0 Å². The number of nitrogens with one attached hydrogen (secondary N) is 2. The highest BCUT2D eigenvalue weighted by molar-refractivity contribution is 5.85. The summed E-state index contributed by atoms with van der Waals surface area (Å²) in [5, 5.41) is 6.86. The highest BCUT2D eigenvalue weighted by Gasteiger charge is 2.34. The molecule has 0 aromatic heterocycles. The van der Waals surface area contributed by atoms with E-state index in [2.05, 4.69) is 17.6 Å². The lowest BCUT2D eigenvalue weighted by atomic mass is 9.82. The molecule has 0 radical (unpaired) electrons. The molecule has 2 saturated heterocycles. The van der Waals surface area contributed by atoms with Gasteiger partial charge in [0.05, 0.1) is 0 Å². The van der Waals surface area contributed by atoms with Gasteiger partial charge in [-0.25, -0.2) is 0 Å². The standard InChI is InChI=1S/C17H30N2O.ClH/c1-12-3-2-4-13(7-12)11-18-17(20)10-14-8-15-5-6-16(9-14)19-15;/h12-16,19H,2-11H2,1H3,(H,18,20);1H. The molecule has 2 heterocycles. The first-order valence-corrected chi connectivity index (χ1v) is 8.71. The van der Waals surface area contributed by atoms with E-state index in [0.717, 1.165) is 24.8 Å². The molecule has 2 aliphatic heterocycles. The summed E-state index contributed by atoms with van der Waals surface area (Å²) in [6, 6.07) is 1.40. The maximum atomic E-state index is 12.1. The van der Waals surface area contributed by atoms with Gasteiger partial charge in [0.15, 0.2) is 0 Å². The molecule has 21 heavy (non-hydrogen) atoms. The molecule has 4 unspecified atom stereocenters. The van der Waals surface area contributed by atoms with E-state index in [1.165, 1.54) is 51.4 Å². The summed E-state index contributed by atoms with van der Waals surface area (Å²) < 4.78 is 0. The van der Waals surface area contributed by atoms with Crippen molar-refractivity contribution in [2.24, 2.45) is 17.8 Å². The predicted octanol–water partition coefficient (Wildman–Crippen LogP) is 3.27. The third-order valence-electron chi connectivity index (χ3n) is 5.68. The molecule has 3 rings (SSSR count). The molecule has 122 valence electrons. The lowest BCUT2D eigenvalue weighted by Crippen LogP contribution is -2.40. The maximum Gasteiger partial charge on any atom is 0.220 e. The van der Waals surface area contributed by atoms with E-state index in [9.17, 15) is 4.79 Å². The second-order valence-corrected chi connectivity index (χ2v) is 7.62. The van der Waals surface area contributed by atoms with Crippen LogP contribution in [0, 0.1) is 17.8 Å². The van der Waals surface area contributed by atoms with Crippen LogP contribution >= 0.6 is 12.4 Å². The Morgan fingerprint density at radius 3 is 2.43 bits per heavy atom. The van der Waals surface area contributed by atoms with Crippen molar-refractivity contribution in [3.05, 3.63) is 0 Å². The topological polar surface area (TPSA) is 41.1 Å². The smallest absolute Gasteiger partial charge is 0.220 e. The van der Waals surface area contributed by atoms with Gasteiger partial charge in [0, 0.05) is 25.0 Å². The summed E-state index contributed by atoms with van der Waals surface area (Å²) >= 11 is 0. The summed E-state index contributed by atoms with van der Waals surface area (Å²) in [6.45, 7) is 3.26. The Kier molecular flexibility index (Phi) is 6.36. The third kappa shape index (κ3) is 4.85. The van der Waals surface area contributed by atoms with Gasteiger partial charge in [0.25, 0.3) is 0 Å². The van der Waals surface area contributed by atoms with E-state index in [4.69, 9.17) is 0 Å². The van der Waals surface area contributed by atoms with Gasteiger partial charge < -0.3 is 10.6 Å². The Bertz CT molecular complexity index is 338. The first kappa shape index (κ1) is 17.1. The zero-order chi connectivity index (χ0) is 13.9. The Labute approximate surface area is 135 Å². The van der Waals surface area contributed by atoms with Crippen molar-refractivity contribution in [2.45, 2.75) is 76.8 Å². The molecule has 2 bridgehead atoms. The highest BCUT2D eigenvalue weighted by Crippen LogP contribution is 2.32. The zero-order valence-corrected chi connectivity index (χ0v) is 14.1. The first-order valence-electron chi connectivity index (χ1n) is 8.71. The largest absolute Gasteiger partial charge is 0.356 e. The zero-order valence-electron chi connectivity index (χ0n) is 13.3. The van der Waals surface area contributed by atoms with E-state index < -0.39 is 0 Å². The van der Waals surface area contributed by atoms with E-state index in [1.54, 1.807) is 0 Å². The average molecular weight is 315 g/mol. The van der Waals surface area contributed by atoms with Crippen LogP contribution < -0.4 is 10.6 Å². The van der Waals surface area contributed by atoms with Gasteiger partial charge in [-0.1, -0.05) is 19.8 Å². The summed E-state index contributed by atoms with van der Waals surface area (Å²) in [6.07, 6.45) is 11.2. The molecule has 3 fully saturated rings. The van der Waals surface area contributed by atoms with E-state index in [-0.39, 0.29) is 12.4 Å². The SMILES string of the molecule is CC1CCCC(CNC(=O)CC2CC3CCC(C2)N3)C1.Cl. The first-order chi connectivity index (χ1) is 9.69. The molecule has 3 nitrogen and oxygen atoms in total. The molecule has 4 atom stereocenters. The number of fused-ring (bicyclic) bond motifs is 2. The van der Waals surface area contributed by atoms with Gasteiger partial charge in [-0.2, -0.15) is 0 Å². The Morgan fingerprint density at radius 2 is 1.76 bits per heavy atom. The van der Waals surface area contributed by atoms with Crippen molar-refractivity contribution in [2.75, 3.05) is 6.54 Å². The van der Waals surface area contributed by atoms with E-state index in [0.29, 0.717) is 23.9 Å². The number of carbonyl (C=O) groups is 1. The summed E-state index contributed by atoms with van der Waals surface area (Å²) in [5.74, 6) is 2.51. The minimum absolute atomic E-state index is 0. The fraction of sp³-hybridized carbons (Fsp3) is 0.941. The molecule has 0 aromatic carbocycles. The van der Waals surface area contributed by atoms with Gasteiger partial charge in [0.1, 0.15) is 0 Å². The predicted molar refractivity (Wildman–Crippen MR) is 88.7 cm³/mol. The van der Waals surface area contributed by atoms with Crippen LogP contribution in [-0.2, 0) is 4.79 Å². The molecule has 1 saturated carbocycles. The van der Waals surface area contributed by atoms with Crippen LogP contribution in [0.3, 0.4) is 0 Å². The number of amides is 1. The lowest BCUT2D eigenvalue weighted by molar-refractivity contribution is -0.122. The lowest BCUT2D eigenvalue weighted by Gasteiger charge is -2.29. The van der Waals surface area contributed by atoms with Gasteiger partial charge in [-0.3, -0.25) is 4.79 Å². The van der Waals surface area contributed by atoms with Crippen molar-refractivity contribution in [3.8, 4) is 0 Å². The average Bonchev–Trinajstić information content (AvgIpc) is 2.76. The molecular formula is C17H31ClN2O. The molecule has 0 aromatic rings. The number of rotatable bonds is 4. The fourth-order valence-corrected chi connectivity index (χ4v) is 4.68. The van der Waals surface area contributed by atoms with Crippen LogP contribution in [0.5, 0.6) is 0 Å². The minimum Gasteiger partial charge on any atom is -0.356 e. The van der Waals surface area contributed by atoms with Crippen molar-refractivity contribution in [1.82, 2.24) is 10.6 Å². The number of hydrogen-bond acceptors (Lipinski definition) is 2. The molecule has 3 aliphatic rings. The maximum absolute atomic E-state index is 12.1. The number of carbonyl (C=O) groups excluding carboxylic acids is 1. The number of halogens is 1. The van der Waals surface area contributed by atoms with Crippen LogP contribution in [0.4, 0.5) is 0 Å². The van der Waals surface area contributed by atoms with Gasteiger partial charge >= 0.3 is 0 Å². The van der Waals surface area contributed by atoms with Gasteiger partial charge in [-0.05, 0) is 56.3 Å². The summed E-state index contributed by atoms with van der Waals surface area (Å²) in [4.78, 5) is 12.1. The normalized spacial score (nSPS) is 38.6. The molecule has 4 heteroatoms. The third-order valence-corrected chi connectivity index (χ3v) is 5.68. The van der Waals surface area contributed by atoms with Crippen molar-refractivity contribution >= 4 is 18.3 Å². The second-order valence-electron chi connectivity index (χ2n) is 7.62. The Hall–Kier alpha value is -0.280. The van der Waals surface area contributed by atoms with Gasteiger partial charge in [0.2, 0.25) is 5.91 Å². The number of hydrogen-bond donors (Lipinski definition) is 2. The molecule has 2 N–H and O–H groups in total. The van der Waals surface area contributed by atoms with Crippen LogP contribution in [0.25, 0.3) is 0 Å². The molecule has 0 spiro atoms. The van der Waals surface area contributed by atoms with E-state index in [1.807, 2.05) is 0 Å². The monoisotopic (exact) mass is 314 g/mol. The molecule has 1 amide bonds.